The van der Waals surface area contributed by atoms with Gasteiger partial charge in [-0.25, -0.2) is 4.98 Å². The largest absolute Gasteiger partial charge is 0.464 e. The lowest BCUT2D eigenvalue weighted by molar-refractivity contribution is 0.330. The summed E-state index contributed by atoms with van der Waals surface area (Å²) in [5, 5.41) is 4.61. The first kappa shape index (κ1) is 11.5. The Morgan fingerprint density at radius 2 is 2.11 bits per heavy atom. The van der Waals surface area contributed by atoms with Crippen molar-refractivity contribution in [2.45, 2.75) is 37.6 Å². The van der Waals surface area contributed by atoms with Gasteiger partial charge in [0.2, 0.25) is 0 Å². The number of nitrogens with zero attached hydrogens (tertiary/aromatic N) is 1. The van der Waals surface area contributed by atoms with Crippen LogP contribution in [0.2, 0.25) is 0 Å². The summed E-state index contributed by atoms with van der Waals surface area (Å²) < 4.78 is 5.40. The highest BCUT2D eigenvalue weighted by molar-refractivity contribution is 5.88. The van der Waals surface area contributed by atoms with Gasteiger partial charge in [0.05, 0.1) is 17.2 Å². The van der Waals surface area contributed by atoms with Crippen LogP contribution in [0.1, 0.15) is 32.1 Å². The third kappa shape index (κ3) is 1.97. The van der Waals surface area contributed by atoms with Crippen molar-refractivity contribution in [1.82, 2.24) is 4.98 Å². The third-order valence-electron chi connectivity index (χ3n) is 3.96. The standard InChI is InChI=1S/C14H19N3O/c15-10-14(6-2-1-3-7-14)17-13-11-5-9-18-12(11)4-8-16-13/h4-5,8-9H,1-3,6-7,10,15H2,(H,16,17). The summed E-state index contributed by atoms with van der Waals surface area (Å²) in [4.78, 5) is 4.44. The summed E-state index contributed by atoms with van der Waals surface area (Å²) >= 11 is 0. The van der Waals surface area contributed by atoms with Crippen molar-refractivity contribution in [2.75, 3.05) is 11.9 Å². The average molecular weight is 245 g/mol. The molecule has 18 heavy (non-hydrogen) atoms. The van der Waals surface area contributed by atoms with Gasteiger partial charge in [-0.15, -0.1) is 0 Å². The van der Waals surface area contributed by atoms with E-state index in [1.165, 1.54) is 19.3 Å². The monoisotopic (exact) mass is 245 g/mol. The number of aromatic nitrogens is 1. The first-order valence-electron chi connectivity index (χ1n) is 6.63. The van der Waals surface area contributed by atoms with E-state index in [-0.39, 0.29) is 5.54 Å². The van der Waals surface area contributed by atoms with Crippen molar-refractivity contribution in [2.24, 2.45) is 5.73 Å². The van der Waals surface area contributed by atoms with Gasteiger partial charge in [-0.1, -0.05) is 19.3 Å². The summed E-state index contributed by atoms with van der Waals surface area (Å²) in [6, 6.07) is 3.84. The number of nitrogens with one attached hydrogen (secondary N) is 1. The molecule has 3 N–H and O–H groups in total. The fourth-order valence-corrected chi connectivity index (χ4v) is 2.85. The quantitative estimate of drug-likeness (QED) is 0.872. The zero-order valence-corrected chi connectivity index (χ0v) is 10.5. The fourth-order valence-electron chi connectivity index (χ4n) is 2.85. The molecule has 0 bridgehead atoms. The summed E-state index contributed by atoms with van der Waals surface area (Å²) in [5.74, 6) is 0.897. The first-order valence-corrected chi connectivity index (χ1v) is 6.63. The Hall–Kier alpha value is -1.55. The number of furan rings is 1. The maximum absolute atomic E-state index is 5.99. The molecule has 0 spiro atoms. The zero-order chi connectivity index (χ0) is 12.4. The van der Waals surface area contributed by atoms with E-state index >= 15 is 0 Å². The summed E-state index contributed by atoms with van der Waals surface area (Å²) in [7, 11) is 0. The molecule has 0 saturated heterocycles. The molecular formula is C14H19N3O. The average Bonchev–Trinajstić information content (AvgIpc) is 2.89. The number of pyridine rings is 1. The molecule has 3 rings (SSSR count). The highest BCUT2D eigenvalue weighted by atomic mass is 16.3. The Morgan fingerprint density at radius 3 is 2.89 bits per heavy atom. The Kier molecular flexibility index (Phi) is 2.96. The van der Waals surface area contributed by atoms with Crippen molar-refractivity contribution in [1.29, 1.82) is 0 Å². The molecule has 2 heterocycles. The van der Waals surface area contributed by atoms with Crippen molar-refractivity contribution < 1.29 is 4.42 Å². The van der Waals surface area contributed by atoms with Gasteiger partial charge in [-0.2, -0.15) is 0 Å². The Labute approximate surface area is 107 Å². The van der Waals surface area contributed by atoms with Crippen molar-refractivity contribution in [3.8, 4) is 0 Å². The molecule has 1 saturated carbocycles. The number of anilines is 1. The molecule has 0 radical (unpaired) electrons. The van der Waals surface area contributed by atoms with Gasteiger partial charge in [0.1, 0.15) is 11.4 Å². The molecule has 0 atom stereocenters. The van der Waals surface area contributed by atoms with Crippen molar-refractivity contribution >= 4 is 16.8 Å². The summed E-state index contributed by atoms with van der Waals surface area (Å²) in [6.45, 7) is 0.656. The van der Waals surface area contributed by atoms with Gasteiger partial charge < -0.3 is 15.5 Å². The normalized spacial score (nSPS) is 18.9. The second-order valence-corrected chi connectivity index (χ2v) is 5.16. The van der Waals surface area contributed by atoms with Crippen LogP contribution in [0.25, 0.3) is 11.0 Å². The number of hydrogen-bond donors (Lipinski definition) is 2. The molecular weight excluding hydrogens is 226 g/mol. The van der Waals surface area contributed by atoms with Crippen LogP contribution in [0.15, 0.2) is 29.0 Å². The third-order valence-corrected chi connectivity index (χ3v) is 3.96. The predicted molar refractivity (Wildman–Crippen MR) is 72.5 cm³/mol. The van der Waals surface area contributed by atoms with Gasteiger partial charge >= 0.3 is 0 Å². The summed E-state index contributed by atoms with van der Waals surface area (Å²) in [6.07, 6.45) is 9.53. The molecule has 2 aromatic rings. The van der Waals surface area contributed by atoms with Gasteiger partial charge in [0.25, 0.3) is 0 Å². The molecule has 96 valence electrons. The highest BCUT2D eigenvalue weighted by Gasteiger charge is 2.31. The van der Waals surface area contributed by atoms with E-state index < -0.39 is 0 Å². The lowest BCUT2D eigenvalue weighted by atomic mass is 9.81. The molecule has 0 unspecified atom stereocenters. The Morgan fingerprint density at radius 1 is 1.28 bits per heavy atom. The first-order chi connectivity index (χ1) is 8.83. The smallest absolute Gasteiger partial charge is 0.139 e. The number of fused-ring (bicyclic) bond motifs is 1. The SMILES string of the molecule is NCC1(Nc2nccc3occc23)CCCCC1. The molecule has 4 nitrogen and oxygen atoms in total. The van der Waals surface area contributed by atoms with Crippen LogP contribution in [0.3, 0.4) is 0 Å². The molecule has 2 aromatic heterocycles. The maximum Gasteiger partial charge on any atom is 0.139 e. The molecule has 4 heteroatoms. The van der Waals surface area contributed by atoms with E-state index in [9.17, 15) is 0 Å². The van der Waals surface area contributed by atoms with Crippen LogP contribution >= 0.6 is 0 Å². The van der Waals surface area contributed by atoms with Crippen LogP contribution in [0, 0.1) is 0 Å². The van der Waals surface area contributed by atoms with Crippen molar-refractivity contribution in [3.05, 3.63) is 24.6 Å². The van der Waals surface area contributed by atoms with Crippen LogP contribution in [-0.4, -0.2) is 17.1 Å². The van der Waals surface area contributed by atoms with E-state index in [1.807, 2.05) is 12.1 Å². The fraction of sp³-hybridized carbons (Fsp3) is 0.500. The molecule has 0 aliphatic heterocycles. The lowest BCUT2D eigenvalue weighted by Gasteiger charge is -2.37. The van der Waals surface area contributed by atoms with Crippen LogP contribution < -0.4 is 11.1 Å². The molecule has 0 amide bonds. The molecule has 1 aliphatic carbocycles. The van der Waals surface area contributed by atoms with Crippen LogP contribution in [0.4, 0.5) is 5.82 Å². The van der Waals surface area contributed by atoms with Crippen LogP contribution in [-0.2, 0) is 0 Å². The van der Waals surface area contributed by atoms with Crippen LogP contribution in [0.5, 0.6) is 0 Å². The maximum atomic E-state index is 5.99. The summed E-state index contributed by atoms with van der Waals surface area (Å²) in [5.41, 5.74) is 6.87. The van der Waals surface area contributed by atoms with Gasteiger partial charge in [-0.3, -0.25) is 0 Å². The molecule has 0 aromatic carbocycles. The van der Waals surface area contributed by atoms with E-state index in [2.05, 4.69) is 10.3 Å². The topological polar surface area (TPSA) is 64.1 Å². The van der Waals surface area contributed by atoms with Gasteiger partial charge in [0, 0.05) is 12.7 Å². The Bertz CT molecular complexity index is 529. The minimum Gasteiger partial charge on any atom is -0.464 e. The highest BCUT2D eigenvalue weighted by Crippen LogP contribution is 2.32. The minimum atomic E-state index is 0.0107. The molecule has 1 fully saturated rings. The number of rotatable bonds is 3. The number of hydrogen-bond acceptors (Lipinski definition) is 4. The van der Waals surface area contributed by atoms with E-state index in [0.29, 0.717) is 6.54 Å². The Balaban J connectivity index is 1.92. The van der Waals surface area contributed by atoms with E-state index in [1.54, 1.807) is 12.5 Å². The zero-order valence-electron chi connectivity index (χ0n) is 10.5. The van der Waals surface area contributed by atoms with Gasteiger partial charge in [-0.05, 0) is 25.0 Å². The lowest BCUT2D eigenvalue weighted by Crippen LogP contribution is -2.47. The predicted octanol–water partition coefficient (Wildman–Crippen LogP) is 2.90. The number of nitrogens with two attached hydrogens (primary N) is 1. The van der Waals surface area contributed by atoms with Crippen molar-refractivity contribution in [3.63, 3.8) is 0 Å². The second kappa shape index (κ2) is 4.61. The molecule has 1 aliphatic rings. The second-order valence-electron chi connectivity index (χ2n) is 5.16. The van der Waals surface area contributed by atoms with E-state index in [0.717, 1.165) is 29.6 Å². The minimum absolute atomic E-state index is 0.0107. The van der Waals surface area contributed by atoms with E-state index in [4.69, 9.17) is 10.2 Å². The van der Waals surface area contributed by atoms with Gasteiger partial charge in [0.15, 0.2) is 0 Å².